The second-order valence-corrected chi connectivity index (χ2v) is 9.70. The maximum absolute atomic E-state index is 12.2. The lowest BCUT2D eigenvalue weighted by molar-refractivity contribution is 0.0720. The first-order valence-corrected chi connectivity index (χ1v) is 9.83. The van der Waals surface area contributed by atoms with E-state index in [2.05, 4.69) is 20.8 Å². The molecule has 0 radical (unpaired) electrons. The van der Waals surface area contributed by atoms with Gasteiger partial charge in [0.2, 0.25) is 0 Å². The Balaban J connectivity index is 2.38. The van der Waals surface area contributed by atoms with Crippen molar-refractivity contribution in [1.29, 1.82) is 0 Å². The van der Waals surface area contributed by atoms with Crippen molar-refractivity contribution in [1.82, 2.24) is 0 Å². The zero-order valence-corrected chi connectivity index (χ0v) is 15.5. The molecule has 1 atom stereocenters. The summed E-state index contributed by atoms with van der Waals surface area (Å²) < 4.78 is 29.8. The smallest absolute Gasteiger partial charge is 0.150 e. The van der Waals surface area contributed by atoms with Gasteiger partial charge >= 0.3 is 0 Å². The summed E-state index contributed by atoms with van der Waals surface area (Å²) in [5, 5.41) is 0.662. The summed E-state index contributed by atoms with van der Waals surface area (Å²) in [6, 6.07) is 7.35. The van der Waals surface area contributed by atoms with E-state index in [1.807, 2.05) is 19.1 Å². The van der Waals surface area contributed by atoms with Gasteiger partial charge in [0.05, 0.1) is 18.1 Å². The van der Waals surface area contributed by atoms with Crippen molar-refractivity contribution in [3.63, 3.8) is 0 Å². The van der Waals surface area contributed by atoms with Crippen LogP contribution in [-0.2, 0) is 14.6 Å². The highest BCUT2D eigenvalue weighted by Crippen LogP contribution is 2.20. The summed E-state index contributed by atoms with van der Waals surface area (Å²) in [6.07, 6.45) is 0.547. The number of rotatable bonds is 8. The maximum atomic E-state index is 12.2. The van der Waals surface area contributed by atoms with Crippen molar-refractivity contribution < 1.29 is 13.2 Å². The van der Waals surface area contributed by atoms with Gasteiger partial charge in [-0.15, -0.1) is 0 Å². The van der Waals surface area contributed by atoms with E-state index in [1.165, 1.54) is 0 Å². The molecule has 1 aromatic carbocycles. The molecule has 5 heteroatoms. The van der Waals surface area contributed by atoms with Crippen LogP contribution in [0, 0.1) is 5.41 Å². The maximum Gasteiger partial charge on any atom is 0.150 e. The quantitative estimate of drug-likeness (QED) is 0.659. The standard InChI is InChI=1S/C17H27ClO3S/c1-14(15-6-8-16(18)9-7-15)12-22(19,20)11-5-10-21-13-17(2,3)4/h6-9,14H,5,10-13H2,1-4H3. The minimum Gasteiger partial charge on any atom is -0.381 e. The molecule has 0 fully saturated rings. The predicted molar refractivity (Wildman–Crippen MR) is 93.4 cm³/mol. The number of hydrogen-bond acceptors (Lipinski definition) is 3. The SMILES string of the molecule is CC(CS(=O)(=O)CCCOCC(C)(C)C)c1ccc(Cl)cc1. The second kappa shape index (κ2) is 8.32. The third-order valence-electron chi connectivity index (χ3n) is 3.22. The number of halogens is 1. The largest absolute Gasteiger partial charge is 0.381 e. The highest BCUT2D eigenvalue weighted by molar-refractivity contribution is 7.91. The van der Waals surface area contributed by atoms with E-state index >= 15 is 0 Å². The van der Waals surface area contributed by atoms with Crippen LogP contribution in [0.1, 0.15) is 45.6 Å². The molecule has 1 unspecified atom stereocenters. The Bertz CT molecular complexity index is 544. The molecule has 0 aliphatic rings. The molecule has 0 spiro atoms. The van der Waals surface area contributed by atoms with E-state index in [0.717, 1.165) is 5.56 Å². The van der Waals surface area contributed by atoms with Gasteiger partial charge in [-0.3, -0.25) is 0 Å². The minimum atomic E-state index is -3.07. The Kier molecular flexibility index (Phi) is 7.36. The predicted octanol–water partition coefficient (Wildman–Crippen LogP) is 4.31. The van der Waals surface area contributed by atoms with Gasteiger partial charge < -0.3 is 4.74 Å². The van der Waals surface area contributed by atoms with Crippen LogP contribution in [0.15, 0.2) is 24.3 Å². The van der Waals surface area contributed by atoms with Gasteiger partial charge in [-0.1, -0.05) is 51.4 Å². The Morgan fingerprint density at radius 2 is 1.77 bits per heavy atom. The van der Waals surface area contributed by atoms with Crippen molar-refractivity contribution in [3.8, 4) is 0 Å². The van der Waals surface area contributed by atoms with Gasteiger partial charge in [0.1, 0.15) is 0 Å². The lowest BCUT2D eigenvalue weighted by atomic mass is 9.99. The number of ether oxygens (including phenoxy) is 1. The van der Waals surface area contributed by atoms with E-state index < -0.39 is 9.84 Å². The first-order valence-electron chi connectivity index (χ1n) is 7.63. The molecule has 3 nitrogen and oxygen atoms in total. The van der Waals surface area contributed by atoms with Crippen LogP contribution in [0.3, 0.4) is 0 Å². The van der Waals surface area contributed by atoms with Crippen molar-refractivity contribution in [2.45, 2.75) is 40.0 Å². The molecule has 0 aliphatic heterocycles. The Hall–Kier alpha value is -0.580. The van der Waals surface area contributed by atoms with Gasteiger partial charge in [0, 0.05) is 11.6 Å². The Morgan fingerprint density at radius 3 is 2.32 bits per heavy atom. The van der Waals surface area contributed by atoms with Crippen LogP contribution in [0.4, 0.5) is 0 Å². The van der Waals surface area contributed by atoms with Crippen molar-refractivity contribution in [2.24, 2.45) is 5.41 Å². The van der Waals surface area contributed by atoms with Gasteiger partial charge in [-0.05, 0) is 35.4 Å². The second-order valence-electron chi connectivity index (χ2n) is 7.03. The van der Waals surface area contributed by atoms with Crippen LogP contribution in [0.2, 0.25) is 5.02 Å². The number of hydrogen-bond donors (Lipinski definition) is 0. The summed E-state index contributed by atoms with van der Waals surface area (Å²) >= 11 is 5.85. The fourth-order valence-electron chi connectivity index (χ4n) is 2.11. The van der Waals surface area contributed by atoms with E-state index in [-0.39, 0.29) is 22.8 Å². The molecular formula is C17H27ClO3S. The first-order chi connectivity index (χ1) is 10.1. The molecule has 0 heterocycles. The summed E-state index contributed by atoms with van der Waals surface area (Å²) in [6.45, 7) is 9.35. The van der Waals surface area contributed by atoms with Crippen LogP contribution in [0.5, 0.6) is 0 Å². The molecule has 1 aromatic rings. The van der Waals surface area contributed by atoms with Gasteiger partial charge in [0.15, 0.2) is 9.84 Å². The van der Waals surface area contributed by atoms with E-state index in [0.29, 0.717) is 24.7 Å². The van der Waals surface area contributed by atoms with Gasteiger partial charge in [0.25, 0.3) is 0 Å². The Morgan fingerprint density at radius 1 is 1.18 bits per heavy atom. The number of sulfone groups is 1. The molecule has 0 aliphatic carbocycles. The Labute approximate surface area is 139 Å². The van der Waals surface area contributed by atoms with E-state index in [9.17, 15) is 8.42 Å². The lowest BCUT2D eigenvalue weighted by Crippen LogP contribution is -2.19. The topological polar surface area (TPSA) is 43.4 Å². The molecule has 0 N–H and O–H groups in total. The fraction of sp³-hybridized carbons (Fsp3) is 0.647. The zero-order valence-electron chi connectivity index (χ0n) is 13.9. The van der Waals surface area contributed by atoms with Crippen molar-refractivity contribution >= 4 is 21.4 Å². The lowest BCUT2D eigenvalue weighted by Gasteiger charge is -2.18. The highest BCUT2D eigenvalue weighted by atomic mass is 35.5. The van der Waals surface area contributed by atoms with Crippen LogP contribution in [0.25, 0.3) is 0 Å². The summed E-state index contributed by atoms with van der Waals surface area (Å²) in [5.74, 6) is 0.306. The zero-order chi connectivity index (χ0) is 16.8. The first kappa shape index (κ1) is 19.5. The van der Waals surface area contributed by atoms with E-state index in [4.69, 9.17) is 16.3 Å². The average molecular weight is 347 g/mol. The third kappa shape index (κ3) is 8.16. The van der Waals surface area contributed by atoms with Gasteiger partial charge in [-0.2, -0.15) is 0 Å². The molecular weight excluding hydrogens is 320 g/mol. The van der Waals surface area contributed by atoms with Crippen molar-refractivity contribution in [3.05, 3.63) is 34.9 Å². The third-order valence-corrected chi connectivity index (χ3v) is 5.39. The summed E-state index contributed by atoms with van der Waals surface area (Å²) in [4.78, 5) is 0. The monoisotopic (exact) mass is 346 g/mol. The molecule has 0 bridgehead atoms. The highest BCUT2D eigenvalue weighted by Gasteiger charge is 2.17. The summed E-state index contributed by atoms with van der Waals surface area (Å²) in [7, 11) is -3.07. The van der Waals surface area contributed by atoms with E-state index in [1.54, 1.807) is 12.1 Å². The van der Waals surface area contributed by atoms with Crippen LogP contribution < -0.4 is 0 Å². The van der Waals surface area contributed by atoms with Crippen LogP contribution in [-0.4, -0.2) is 33.1 Å². The molecule has 0 aromatic heterocycles. The molecule has 0 saturated carbocycles. The van der Waals surface area contributed by atoms with Gasteiger partial charge in [-0.25, -0.2) is 8.42 Å². The molecule has 22 heavy (non-hydrogen) atoms. The molecule has 0 amide bonds. The molecule has 1 rings (SSSR count). The number of benzene rings is 1. The minimum absolute atomic E-state index is 0.0299. The molecule has 126 valence electrons. The van der Waals surface area contributed by atoms with Crippen LogP contribution >= 0.6 is 11.6 Å². The average Bonchev–Trinajstić information content (AvgIpc) is 2.36. The summed E-state index contributed by atoms with van der Waals surface area (Å²) in [5.41, 5.74) is 1.11. The normalized spacial score (nSPS) is 14.0. The fourth-order valence-corrected chi connectivity index (χ4v) is 3.92. The van der Waals surface area contributed by atoms with Crippen molar-refractivity contribution in [2.75, 3.05) is 24.7 Å². The molecule has 0 saturated heterocycles.